The number of guanidine groups is 1. The van der Waals surface area contributed by atoms with Crippen LogP contribution in [0.15, 0.2) is 29.3 Å². The van der Waals surface area contributed by atoms with Gasteiger partial charge in [0.25, 0.3) is 5.91 Å². The predicted molar refractivity (Wildman–Crippen MR) is 97.5 cm³/mol. The molecule has 140 valence electrons. The lowest BCUT2D eigenvalue weighted by Gasteiger charge is -2.20. The van der Waals surface area contributed by atoms with Gasteiger partial charge in [-0.05, 0) is 24.1 Å². The molecule has 0 fully saturated rings. The first-order valence-corrected chi connectivity index (χ1v) is 7.68. The van der Waals surface area contributed by atoms with Crippen LogP contribution in [0.2, 0.25) is 0 Å². The van der Waals surface area contributed by atoms with Crippen LogP contribution in [0.4, 0.5) is 5.69 Å². The van der Waals surface area contributed by atoms with Gasteiger partial charge in [-0.3, -0.25) is 14.4 Å². The second kappa shape index (κ2) is 9.26. The number of amides is 2. The highest BCUT2D eigenvalue weighted by molar-refractivity contribution is 5.97. The molecule has 25 heavy (non-hydrogen) atoms. The number of carbonyl (C=O) groups excluding carboxylic acids is 2. The number of carboxylic acids is 1. The maximum absolute atomic E-state index is 12.1. The molecule has 0 saturated heterocycles. The van der Waals surface area contributed by atoms with Crippen molar-refractivity contribution in [1.82, 2.24) is 10.6 Å². The van der Waals surface area contributed by atoms with E-state index in [0.29, 0.717) is 11.3 Å². The van der Waals surface area contributed by atoms with Crippen LogP contribution in [0.1, 0.15) is 33.5 Å². The van der Waals surface area contributed by atoms with Gasteiger partial charge in [0.05, 0.1) is 18.7 Å². The molecule has 0 heterocycles. The van der Waals surface area contributed by atoms with Crippen LogP contribution in [-0.4, -0.2) is 41.4 Å². The first-order valence-electron chi connectivity index (χ1n) is 7.68. The minimum atomic E-state index is -1.00. The van der Waals surface area contributed by atoms with Gasteiger partial charge in [-0.1, -0.05) is 19.9 Å². The molecule has 1 unspecified atom stereocenters. The standard InChI is InChI=1S/C16H23N5O4.2H2/c1-9(2)12(7-14(23)24)21-13(22)8-19-15(25)10-4-3-5-11(6-10)20-16(17)18;;/h3-6,9,12H,7-8H2,1-2H3,(H,19,25)(H,21,22)(H,23,24)(H4,17,18,20);2*1H. The predicted octanol–water partition coefficient (Wildman–Crippen LogP) is 0.429. The zero-order chi connectivity index (χ0) is 19.0. The molecule has 0 saturated carbocycles. The molecule has 0 aliphatic carbocycles. The van der Waals surface area contributed by atoms with E-state index in [-0.39, 0.29) is 27.7 Å². The molecule has 0 bridgehead atoms. The van der Waals surface area contributed by atoms with Crippen molar-refractivity contribution < 1.29 is 22.3 Å². The van der Waals surface area contributed by atoms with Gasteiger partial charge in [-0.25, -0.2) is 4.99 Å². The summed E-state index contributed by atoms with van der Waals surface area (Å²) in [6.45, 7) is 3.34. The third kappa shape index (κ3) is 7.34. The molecule has 1 rings (SSSR count). The van der Waals surface area contributed by atoms with Crippen molar-refractivity contribution in [2.45, 2.75) is 26.3 Å². The molecule has 0 spiro atoms. The van der Waals surface area contributed by atoms with Crippen molar-refractivity contribution in [3.8, 4) is 0 Å². The summed E-state index contributed by atoms with van der Waals surface area (Å²) in [5, 5.41) is 13.9. The van der Waals surface area contributed by atoms with Crippen molar-refractivity contribution >= 4 is 29.4 Å². The quantitative estimate of drug-likeness (QED) is 0.336. The molecule has 0 aliphatic heterocycles. The van der Waals surface area contributed by atoms with Crippen LogP contribution in [0.3, 0.4) is 0 Å². The van der Waals surface area contributed by atoms with Crippen LogP contribution in [0, 0.1) is 5.92 Å². The van der Waals surface area contributed by atoms with Gasteiger partial charge in [0, 0.05) is 14.5 Å². The second-order valence-corrected chi connectivity index (χ2v) is 5.79. The summed E-state index contributed by atoms with van der Waals surface area (Å²) >= 11 is 0. The number of carboxylic acid groups (broad SMARTS) is 1. The van der Waals surface area contributed by atoms with Crippen molar-refractivity contribution in [3.63, 3.8) is 0 Å². The van der Waals surface area contributed by atoms with Crippen LogP contribution in [-0.2, 0) is 9.59 Å². The first kappa shape index (κ1) is 19.9. The number of hydrogen-bond acceptors (Lipinski definition) is 4. The lowest BCUT2D eigenvalue weighted by molar-refractivity contribution is -0.138. The number of carbonyl (C=O) groups is 3. The maximum atomic E-state index is 12.1. The fraction of sp³-hybridized carbons (Fsp3) is 0.375. The Labute approximate surface area is 148 Å². The number of nitrogens with two attached hydrogens (primary N) is 2. The van der Waals surface area contributed by atoms with Crippen molar-refractivity contribution in [2.24, 2.45) is 22.4 Å². The Kier molecular flexibility index (Phi) is 7.39. The van der Waals surface area contributed by atoms with Crippen molar-refractivity contribution in [3.05, 3.63) is 29.8 Å². The zero-order valence-electron chi connectivity index (χ0n) is 14.2. The molecule has 7 N–H and O–H groups in total. The average molecular weight is 353 g/mol. The number of benzene rings is 1. The molecule has 0 radical (unpaired) electrons. The van der Waals surface area contributed by atoms with E-state index in [0.717, 1.165) is 0 Å². The van der Waals surface area contributed by atoms with E-state index in [1.807, 2.05) is 13.8 Å². The molecule has 1 atom stereocenters. The van der Waals surface area contributed by atoms with Crippen LogP contribution in [0.5, 0.6) is 0 Å². The van der Waals surface area contributed by atoms with E-state index < -0.39 is 23.8 Å². The Balaban J connectivity index is 0. The van der Waals surface area contributed by atoms with E-state index in [9.17, 15) is 14.4 Å². The smallest absolute Gasteiger partial charge is 0.305 e. The summed E-state index contributed by atoms with van der Waals surface area (Å²) in [5.41, 5.74) is 11.3. The fourth-order valence-electron chi connectivity index (χ4n) is 2.03. The van der Waals surface area contributed by atoms with Gasteiger partial charge in [0.15, 0.2) is 5.96 Å². The number of aliphatic carboxylic acids is 1. The number of rotatable bonds is 8. The van der Waals surface area contributed by atoms with E-state index in [1.54, 1.807) is 18.2 Å². The minimum Gasteiger partial charge on any atom is -0.481 e. The minimum absolute atomic E-state index is 0. The monoisotopic (exact) mass is 353 g/mol. The normalized spacial score (nSPS) is 11.5. The summed E-state index contributed by atoms with van der Waals surface area (Å²) in [6.07, 6.45) is -0.183. The Hall–Kier alpha value is -3.10. The van der Waals surface area contributed by atoms with Gasteiger partial charge in [0.1, 0.15) is 0 Å². The first-order chi connectivity index (χ1) is 11.7. The molecule has 1 aromatic carbocycles. The van der Waals surface area contributed by atoms with Gasteiger partial charge in [0.2, 0.25) is 5.91 Å². The number of hydrogen-bond donors (Lipinski definition) is 5. The molecule has 9 nitrogen and oxygen atoms in total. The van der Waals surface area contributed by atoms with Crippen LogP contribution >= 0.6 is 0 Å². The van der Waals surface area contributed by atoms with E-state index >= 15 is 0 Å². The number of aliphatic imine (C=N–C) groups is 1. The third-order valence-electron chi connectivity index (χ3n) is 3.32. The lowest BCUT2D eigenvalue weighted by atomic mass is 10.0. The van der Waals surface area contributed by atoms with Gasteiger partial charge < -0.3 is 27.2 Å². The fourth-order valence-corrected chi connectivity index (χ4v) is 2.03. The Bertz CT molecular complexity index is 679. The van der Waals surface area contributed by atoms with Gasteiger partial charge >= 0.3 is 5.97 Å². The zero-order valence-corrected chi connectivity index (χ0v) is 14.2. The highest BCUT2D eigenvalue weighted by Gasteiger charge is 2.19. The SMILES string of the molecule is CC(C)C(CC(=O)O)NC(=O)CNC(=O)c1cccc(N=C(N)N)c1.[HH].[HH]. The molecule has 2 amide bonds. The summed E-state index contributed by atoms with van der Waals surface area (Å²) in [4.78, 5) is 38.6. The van der Waals surface area contributed by atoms with Gasteiger partial charge in [-0.15, -0.1) is 0 Å². The van der Waals surface area contributed by atoms with Crippen molar-refractivity contribution in [2.75, 3.05) is 6.54 Å². The maximum Gasteiger partial charge on any atom is 0.305 e. The average Bonchev–Trinajstić information content (AvgIpc) is 2.51. The highest BCUT2D eigenvalue weighted by Crippen LogP contribution is 2.13. The molecular formula is C16H27N5O4. The van der Waals surface area contributed by atoms with E-state index in [4.69, 9.17) is 16.6 Å². The summed E-state index contributed by atoms with van der Waals surface area (Å²) < 4.78 is 0. The Morgan fingerprint density at radius 2 is 1.96 bits per heavy atom. The largest absolute Gasteiger partial charge is 0.481 e. The van der Waals surface area contributed by atoms with Crippen LogP contribution < -0.4 is 22.1 Å². The number of nitrogens with zero attached hydrogens (tertiary/aromatic N) is 1. The molecule has 1 aromatic rings. The molecular weight excluding hydrogens is 326 g/mol. The Morgan fingerprint density at radius 1 is 1.28 bits per heavy atom. The summed E-state index contributed by atoms with van der Waals surface area (Å²) in [6, 6.07) is 5.77. The molecule has 0 aromatic heterocycles. The topological polar surface area (TPSA) is 160 Å². The second-order valence-electron chi connectivity index (χ2n) is 5.79. The summed E-state index contributed by atoms with van der Waals surface area (Å²) in [5.74, 6) is -2.11. The van der Waals surface area contributed by atoms with E-state index in [2.05, 4.69) is 15.6 Å². The van der Waals surface area contributed by atoms with Crippen LogP contribution in [0.25, 0.3) is 0 Å². The third-order valence-corrected chi connectivity index (χ3v) is 3.32. The highest BCUT2D eigenvalue weighted by atomic mass is 16.4. The molecule has 9 heteroatoms. The number of nitrogens with one attached hydrogen (secondary N) is 2. The van der Waals surface area contributed by atoms with Crippen molar-refractivity contribution in [1.29, 1.82) is 0 Å². The van der Waals surface area contributed by atoms with E-state index in [1.165, 1.54) is 6.07 Å². The molecule has 0 aliphatic rings. The Morgan fingerprint density at radius 3 is 2.52 bits per heavy atom. The summed E-state index contributed by atoms with van der Waals surface area (Å²) in [7, 11) is 0. The lowest BCUT2D eigenvalue weighted by Crippen LogP contribution is -2.45. The van der Waals surface area contributed by atoms with Gasteiger partial charge in [-0.2, -0.15) is 0 Å².